The van der Waals surface area contributed by atoms with Crippen LogP contribution in [0.2, 0.25) is 0 Å². The molecule has 1 aliphatic rings. The highest BCUT2D eigenvalue weighted by Crippen LogP contribution is 2.29. The van der Waals surface area contributed by atoms with Crippen LogP contribution in [0.5, 0.6) is 0 Å². The van der Waals surface area contributed by atoms with Crippen molar-refractivity contribution in [3.8, 4) is 0 Å². The lowest BCUT2D eigenvalue weighted by atomic mass is 9.87. The van der Waals surface area contributed by atoms with E-state index in [-0.39, 0.29) is 18.8 Å². The van der Waals surface area contributed by atoms with Crippen LogP contribution in [0.4, 0.5) is 0 Å². The van der Waals surface area contributed by atoms with Crippen LogP contribution in [0, 0.1) is 5.92 Å². The lowest BCUT2D eigenvalue weighted by Crippen LogP contribution is -2.43. The Balaban J connectivity index is 2.56. The zero-order valence-corrected chi connectivity index (χ0v) is 15.4. The molecule has 5 atom stereocenters. The summed E-state index contributed by atoms with van der Waals surface area (Å²) < 4.78 is 5.52. The topological polar surface area (TPSA) is 107 Å². The fourth-order valence-corrected chi connectivity index (χ4v) is 2.88. The van der Waals surface area contributed by atoms with Gasteiger partial charge in [0.2, 0.25) is 0 Å². The van der Waals surface area contributed by atoms with Gasteiger partial charge >= 0.3 is 5.97 Å². The minimum absolute atomic E-state index is 0.140. The third kappa shape index (κ3) is 9.29. The van der Waals surface area contributed by atoms with Crippen LogP contribution in [-0.2, 0) is 9.53 Å². The minimum atomic E-state index is -1.02. The van der Waals surface area contributed by atoms with Crippen LogP contribution in [0.15, 0.2) is 36.5 Å². The van der Waals surface area contributed by atoms with E-state index in [4.69, 9.17) is 9.84 Å². The van der Waals surface area contributed by atoms with Gasteiger partial charge in [-0.1, -0.05) is 43.4 Å². The lowest BCUT2D eigenvalue weighted by molar-refractivity contribution is -0.199. The Labute approximate surface area is 155 Å². The molecule has 26 heavy (non-hydrogen) atoms. The summed E-state index contributed by atoms with van der Waals surface area (Å²) in [6, 6.07) is 0. The van der Waals surface area contributed by atoms with Gasteiger partial charge in [0.1, 0.15) is 0 Å². The van der Waals surface area contributed by atoms with E-state index in [1.54, 1.807) is 12.2 Å². The van der Waals surface area contributed by atoms with Crippen molar-refractivity contribution in [3.63, 3.8) is 0 Å². The van der Waals surface area contributed by atoms with Crippen LogP contribution in [-0.4, -0.2) is 51.0 Å². The van der Waals surface area contributed by atoms with Crippen LogP contribution in [0.3, 0.4) is 0 Å². The van der Waals surface area contributed by atoms with E-state index in [0.717, 1.165) is 6.42 Å². The predicted molar refractivity (Wildman–Crippen MR) is 99.4 cm³/mol. The van der Waals surface area contributed by atoms with Gasteiger partial charge in [0.25, 0.3) is 0 Å². The molecule has 0 aliphatic carbocycles. The highest BCUT2D eigenvalue weighted by molar-refractivity contribution is 5.66. The van der Waals surface area contributed by atoms with E-state index < -0.39 is 30.6 Å². The van der Waals surface area contributed by atoms with Crippen molar-refractivity contribution in [3.05, 3.63) is 36.5 Å². The van der Waals surface area contributed by atoms with Gasteiger partial charge in [0.05, 0.1) is 18.3 Å². The quantitative estimate of drug-likeness (QED) is 0.330. The van der Waals surface area contributed by atoms with E-state index in [1.807, 2.05) is 31.2 Å². The molecule has 6 heteroatoms. The number of aliphatic hydroxyl groups is 3. The molecule has 0 aromatic heterocycles. The molecular formula is C20H32O6. The van der Waals surface area contributed by atoms with Crippen molar-refractivity contribution in [1.29, 1.82) is 0 Å². The number of carboxylic acids is 1. The van der Waals surface area contributed by atoms with E-state index >= 15 is 0 Å². The van der Waals surface area contributed by atoms with Gasteiger partial charge in [0, 0.05) is 18.8 Å². The van der Waals surface area contributed by atoms with Gasteiger partial charge in [-0.3, -0.25) is 4.79 Å². The molecule has 0 amide bonds. The fourth-order valence-electron chi connectivity index (χ4n) is 2.88. The molecule has 0 aromatic rings. The number of hydrogen-bond donors (Lipinski definition) is 4. The van der Waals surface area contributed by atoms with Gasteiger partial charge in [0.15, 0.2) is 6.29 Å². The Bertz CT molecular complexity index is 485. The monoisotopic (exact) mass is 368 g/mol. The summed E-state index contributed by atoms with van der Waals surface area (Å²) in [7, 11) is 0. The average molecular weight is 368 g/mol. The van der Waals surface area contributed by atoms with E-state index in [2.05, 4.69) is 0 Å². The Kier molecular flexibility index (Phi) is 11.1. The van der Waals surface area contributed by atoms with Gasteiger partial charge in [-0.05, 0) is 32.1 Å². The molecule has 1 rings (SSSR count). The first-order chi connectivity index (χ1) is 12.4. The van der Waals surface area contributed by atoms with Crippen molar-refractivity contribution in [2.45, 2.75) is 76.5 Å². The number of aliphatic hydroxyl groups excluding tert-OH is 3. The number of allylic oxidation sites excluding steroid dienone is 3. The SMILES string of the molecule is CC/C=C/C[C@H](O)/C=C/[C@@H]1O[C@H](O)C[C@@H](O)[C@H]1C/C=C/CCCC(=O)O. The van der Waals surface area contributed by atoms with E-state index in [9.17, 15) is 20.1 Å². The average Bonchev–Trinajstić information content (AvgIpc) is 2.57. The molecule has 0 bridgehead atoms. The summed E-state index contributed by atoms with van der Waals surface area (Å²) in [4.78, 5) is 10.5. The summed E-state index contributed by atoms with van der Waals surface area (Å²) in [5.41, 5.74) is 0. The molecule has 0 aromatic carbocycles. The molecule has 0 saturated carbocycles. The first-order valence-electron chi connectivity index (χ1n) is 9.33. The second kappa shape index (κ2) is 12.8. The van der Waals surface area contributed by atoms with Crippen LogP contribution in [0.25, 0.3) is 0 Å². The normalized spacial score (nSPS) is 28.3. The number of aliphatic carboxylic acids is 1. The highest BCUT2D eigenvalue weighted by atomic mass is 16.6. The number of hydrogen-bond acceptors (Lipinski definition) is 5. The Morgan fingerprint density at radius 1 is 1.23 bits per heavy atom. The smallest absolute Gasteiger partial charge is 0.303 e. The second-order valence-corrected chi connectivity index (χ2v) is 6.58. The molecule has 0 unspecified atom stereocenters. The first kappa shape index (κ1) is 22.6. The highest BCUT2D eigenvalue weighted by Gasteiger charge is 2.35. The van der Waals surface area contributed by atoms with E-state index in [0.29, 0.717) is 25.7 Å². The number of ether oxygens (including phenoxy) is 1. The summed E-state index contributed by atoms with van der Waals surface area (Å²) >= 11 is 0. The molecule has 4 N–H and O–H groups in total. The zero-order valence-electron chi connectivity index (χ0n) is 15.4. The summed E-state index contributed by atoms with van der Waals surface area (Å²) in [6.07, 6.45) is 11.8. The number of carbonyl (C=O) groups is 1. The maximum atomic E-state index is 10.5. The third-order valence-corrected chi connectivity index (χ3v) is 4.31. The van der Waals surface area contributed by atoms with Crippen molar-refractivity contribution < 1.29 is 30.0 Å². The summed E-state index contributed by atoms with van der Waals surface area (Å²) in [6.45, 7) is 2.02. The minimum Gasteiger partial charge on any atom is -0.481 e. The maximum absolute atomic E-state index is 10.5. The molecule has 1 aliphatic heterocycles. The van der Waals surface area contributed by atoms with Gasteiger partial charge in [-0.2, -0.15) is 0 Å². The molecule has 0 radical (unpaired) electrons. The van der Waals surface area contributed by atoms with Gasteiger partial charge in [-0.15, -0.1) is 0 Å². The molecule has 148 valence electrons. The molecule has 1 fully saturated rings. The van der Waals surface area contributed by atoms with Crippen molar-refractivity contribution in [2.24, 2.45) is 5.92 Å². The summed E-state index contributed by atoms with van der Waals surface area (Å²) in [5, 5.41) is 38.6. The molecule has 1 heterocycles. The Morgan fingerprint density at radius 3 is 2.69 bits per heavy atom. The Morgan fingerprint density at radius 2 is 2.00 bits per heavy atom. The van der Waals surface area contributed by atoms with Crippen LogP contribution < -0.4 is 0 Å². The van der Waals surface area contributed by atoms with Crippen LogP contribution in [0.1, 0.15) is 51.9 Å². The number of rotatable bonds is 11. The Hall–Kier alpha value is -1.47. The van der Waals surface area contributed by atoms with Gasteiger partial charge < -0.3 is 25.2 Å². The fraction of sp³-hybridized carbons (Fsp3) is 0.650. The van der Waals surface area contributed by atoms with Crippen molar-refractivity contribution in [1.82, 2.24) is 0 Å². The maximum Gasteiger partial charge on any atom is 0.303 e. The van der Waals surface area contributed by atoms with Gasteiger partial charge in [-0.25, -0.2) is 0 Å². The predicted octanol–water partition coefficient (Wildman–Crippen LogP) is 2.55. The molecule has 0 spiro atoms. The molecular weight excluding hydrogens is 336 g/mol. The lowest BCUT2D eigenvalue weighted by Gasteiger charge is -2.36. The molecule has 1 saturated heterocycles. The van der Waals surface area contributed by atoms with Crippen LogP contribution >= 0.6 is 0 Å². The zero-order chi connectivity index (χ0) is 19.4. The standard InChI is InChI=1S/C20H32O6/c1-2-3-6-9-15(21)12-13-18-16(17(22)14-20(25)26-18)10-7-4-5-8-11-19(23)24/h3-4,6-7,12-13,15-18,20-22,25H,2,5,8-11,14H2,1H3,(H,23,24)/b6-3+,7-4+,13-12+/t15-,16+,17+,18-,20-/m0/s1. The van der Waals surface area contributed by atoms with Crippen molar-refractivity contribution in [2.75, 3.05) is 0 Å². The summed E-state index contributed by atoms with van der Waals surface area (Å²) in [5.74, 6) is -1.02. The largest absolute Gasteiger partial charge is 0.481 e. The first-order valence-corrected chi connectivity index (χ1v) is 9.33. The van der Waals surface area contributed by atoms with E-state index in [1.165, 1.54) is 0 Å². The number of unbranched alkanes of at least 4 members (excludes halogenated alkanes) is 1. The number of carboxylic acid groups (broad SMARTS) is 1. The molecule has 6 nitrogen and oxygen atoms in total. The third-order valence-electron chi connectivity index (χ3n) is 4.31. The second-order valence-electron chi connectivity index (χ2n) is 6.58. The van der Waals surface area contributed by atoms with Crippen molar-refractivity contribution >= 4 is 5.97 Å².